The maximum atomic E-state index is 5.72. The van der Waals surface area contributed by atoms with Gasteiger partial charge in [0.15, 0.2) is 5.82 Å². The maximum absolute atomic E-state index is 5.72. The summed E-state index contributed by atoms with van der Waals surface area (Å²) in [5.41, 5.74) is 1.19. The topological polar surface area (TPSA) is 56.3 Å². The standard InChI is InChI=1S/C13H13N3O2/c1-9-2-4-10(5-3-9)18-13-11-12(15-8-16-13)14-6-7-17-11/h2-5,8H,6-7H2,1H3,(H,14,15,16). The van der Waals surface area contributed by atoms with Crippen LogP contribution in [0.25, 0.3) is 0 Å². The second kappa shape index (κ2) is 4.52. The van der Waals surface area contributed by atoms with E-state index >= 15 is 0 Å². The van der Waals surface area contributed by atoms with E-state index in [0.717, 1.165) is 12.3 Å². The second-order valence-corrected chi connectivity index (χ2v) is 4.05. The molecule has 5 heteroatoms. The Hall–Kier alpha value is -2.30. The molecule has 1 aliphatic rings. The van der Waals surface area contributed by atoms with Crippen LogP contribution >= 0.6 is 0 Å². The number of rotatable bonds is 2. The van der Waals surface area contributed by atoms with Crippen LogP contribution in [-0.4, -0.2) is 23.1 Å². The van der Waals surface area contributed by atoms with E-state index in [-0.39, 0.29) is 0 Å². The highest BCUT2D eigenvalue weighted by Gasteiger charge is 2.18. The third kappa shape index (κ3) is 2.07. The van der Waals surface area contributed by atoms with Crippen LogP contribution in [-0.2, 0) is 0 Å². The number of aryl methyl sites for hydroxylation is 1. The first-order valence-corrected chi connectivity index (χ1v) is 5.79. The van der Waals surface area contributed by atoms with E-state index in [2.05, 4.69) is 15.3 Å². The van der Waals surface area contributed by atoms with Gasteiger partial charge in [0.2, 0.25) is 5.75 Å². The molecule has 0 saturated carbocycles. The number of ether oxygens (including phenoxy) is 2. The zero-order valence-electron chi connectivity index (χ0n) is 10.0. The molecule has 3 rings (SSSR count). The Bertz CT molecular complexity index is 555. The first-order chi connectivity index (χ1) is 8.83. The van der Waals surface area contributed by atoms with Gasteiger partial charge in [-0.2, -0.15) is 4.98 Å². The van der Waals surface area contributed by atoms with E-state index in [1.807, 2.05) is 31.2 Å². The molecular formula is C13H13N3O2. The lowest BCUT2D eigenvalue weighted by molar-refractivity contribution is 0.299. The Balaban J connectivity index is 1.90. The fourth-order valence-electron chi connectivity index (χ4n) is 1.73. The van der Waals surface area contributed by atoms with E-state index in [1.54, 1.807) is 0 Å². The van der Waals surface area contributed by atoms with Crippen molar-refractivity contribution in [2.75, 3.05) is 18.5 Å². The van der Waals surface area contributed by atoms with Crippen molar-refractivity contribution in [2.24, 2.45) is 0 Å². The van der Waals surface area contributed by atoms with Crippen molar-refractivity contribution in [3.8, 4) is 17.4 Å². The maximum Gasteiger partial charge on any atom is 0.268 e. The summed E-state index contributed by atoms with van der Waals surface area (Å²) in [5, 5.41) is 3.14. The Kier molecular flexibility index (Phi) is 2.72. The Morgan fingerprint density at radius 2 is 2.06 bits per heavy atom. The van der Waals surface area contributed by atoms with Crippen LogP contribution in [0.2, 0.25) is 0 Å². The van der Waals surface area contributed by atoms with Gasteiger partial charge in [-0.05, 0) is 19.1 Å². The van der Waals surface area contributed by atoms with Crippen molar-refractivity contribution in [1.82, 2.24) is 9.97 Å². The molecule has 0 unspecified atom stereocenters. The molecule has 2 heterocycles. The molecule has 18 heavy (non-hydrogen) atoms. The van der Waals surface area contributed by atoms with Crippen molar-refractivity contribution < 1.29 is 9.47 Å². The normalized spacial score (nSPS) is 13.2. The highest BCUT2D eigenvalue weighted by atomic mass is 16.5. The summed E-state index contributed by atoms with van der Waals surface area (Å²) in [5.74, 6) is 2.43. The summed E-state index contributed by atoms with van der Waals surface area (Å²) in [6, 6.07) is 7.78. The molecule has 5 nitrogen and oxygen atoms in total. The predicted octanol–water partition coefficient (Wildman–Crippen LogP) is 2.38. The summed E-state index contributed by atoms with van der Waals surface area (Å²) in [6.45, 7) is 3.36. The first-order valence-electron chi connectivity index (χ1n) is 5.79. The lowest BCUT2D eigenvalue weighted by atomic mass is 10.2. The van der Waals surface area contributed by atoms with Crippen LogP contribution in [0.5, 0.6) is 17.4 Å². The molecule has 0 spiro atoms. The molecule has 0 bridgehead atoms. The van der Waals surface area contributed by atoms with Gasteiger partial charge in [0.05, 0.1) is 6.54 Å². The lowest BCUT2D eigenvalue weighted by Crippen LogP contribution is -2.19. The molecule has 1 aromatic heterocycles. The SMILES string of the molecule is Cc1ccc(Oc2ncnc3c2OCCN3)cc1. The quantitative estimate of drug-likeness (QED) is 0.877. The largest absolute Gasteiger partial charge is 0.483 e. The average Bonchev–Trinajstić information content (AvgIpc) is 2.42. The Morgan fingerprint density at radius 3 is 2.89 bits per heavy atom. The van der Waals surface area contributed by atoms with Crippen LogP contribution in [0.15, 0.2) is 30.6 Å². The molecule has 1 aromatic carbocycles. The van der Waals surface area contributed by atoms with E-state index in [0.29, 0.717) is 24.1 Å². The van der Waals surface area contributed by atoms with Gasteiger partial charge >= 0.3 is 0 Å². The van der Waals surface area contributed by atoms with E-state index in [9.17, 15) is 0 Å². The predicted molar refractivity (Wildman–Crippen MR) is 67.3 cm³/mol. The minimum Gasteiger partial charge on any atom is -0.483 e. The van der Waals surface area contributed by atoms with Crippen molar-refractivity contribution in [3.05, 3.63) is 36.2 Å². The lowest BCUT2D eigenvalue weighted by Gasteiger charge is -2.19. The average molecular weight is 243 g/mol. The molecular weight excluding hydrogens is 230 g/mol. The van der Waals surface area contributed by atoms with Crippen LogP contribution in [0.3, 0.4) is 0 Å². The third-order valence-electron chi connectivity index (χ3n) is 2.65. The number of hydrogen-bond donors (Lipinski definition) is 1. The molecule has 1 aliphatic heterocycles. The zero-order chi connectivity index (χ0) is 12.4. The van der Waals surface area contributed by atoms with E-state index in [1.165, 1.54) is 11.9 Å². The van der Waals surface area contributed by atoms with Gasteiger partial charge in [-0.1, -0.05) is 17.7 Å². The highest BCUT2D eigenvalue weighted by molar-refractivity contribution is 5.57. The molecule has 92 valence electrons. The van der Waals surface area contributed by atoms with Gasteiger partial charge in [0.25, 0.3) is 5.88 Å². The number of anilines is 1. The van der Waals surface area contributed by atoms with Crippen LogP contribution in [0.1, 0.15) is 5.56 Å². The number of hydrogen-bond acceptors (Lipinski definition) is 5. The second-order valence-electron chi connectivity index (χ2n) is 4.05. The first kappa shape index (κ1) is 10.8. The highest BCUT2D eigenvalue weighted by Crippen LogP contribution is 2.35. The monoisotopic (exact) mass is 243 g/mol. The number of nitrogens with one attached hydrogen (secondary N) is 1. The Labute approximate surface area is 105 Å². The smallest absolute Gasteiger partial charge is 0.268 e. The van der Waals surface area contributed by atoms with Crippen molar-refractivity contribution in [1.29, 1.82) is 0 Å². The molecule has 0 radical (unpaired) electrons. The number of nitrogens with zero attached hydrogens (tertiary/aromatic N) is 2. The van der Waals surface area contributed by atoms with Crippen LogP contribution in [0, 0.1) is 6.92 Å². The summed E-state index contributed by atoms with van der Waals surface area (Å²) in [7, 11) is 0. The summed E-state index contributed by atoms with van der Waals surface area (Å²) in [6.07, 6.45) is 1.46. The molecule has 0 atom stereocenters. The Morgan fingerprint density at radius 1 is 1.22 bits per heavy atom. The van der Waals surface area contributed by atoms with E-state index < -0.39 is 0 Å². The number of aromatic nitrogens is 2. The van der Waals surface area contributed by atoms with E-state index in [4.69, 9.17) is 9.47 Å². The van der Waals surface area contributed by atoms with Crippen molar-refractivity contribution in [2.45, 2.75) is 6.92 Å². The summed E-state index contributed by atoms with van der Waals surface area (Å²) in [4.78, 5) is 8.22. The minimum atomic E-state index is 0.441. The van der Waals surface area contributed by atoms with Gasteiger partial charge in [-0.25, -0.2) is 4.98 Å². The molecule has 0 saturated heterocycles. The number of fused-ring (bicyclic) bond motifs is 1. The van der Waals surface area contributed by atoms with Gasteiger partial charge in [0.1, 0.15) is 18.7 Å². The molecule has 1 N–H and O–H groups in total. The van der Waals surface area contributed by atoms with Crippen molar-refractivity contribution >= 4 is 5.82 Å². The molecule has 0 fully saturated rings. The third-order valence-corrected chi connectivity index (χ3v) is 2.65. The molecule has 0 aliphatic carbocycles. The van der Waals surface area contributed by atoms with Crippen LogP contribution < -0.4 is 14.8 Å². The fraction of sp³-hybridized carbons (Fsp3) is 0.231. The van der Waals surface area contributed by atoms with Gasteiger partial charge < -0.3 is 14.8 Å². The molecule has 2 aromatic rings. The summed E-state index contributed by atoms with van der Waals surface area (Å²) < 4.78 is 11.3. The van der Waals surface area contributed by atoms with Crippen molar-refractivity contribution in [3.63, 3.8) is 0 Å². The van der Waals surface area contributed by atoms with Crippen LogP contribution in [0.4, 0.5) is 5.82 Å². The van der Waals surface area contributed by atoms with Gasteiger partial charge in [-0.15, -0.1) is 0 Å². The van der Waals surface area contributed by atoms with Gasteiger partial charge in [0, 0.05) is 0 Å². The zero-order valence-corrected chi connectivity index (χ0v) is 10.0. The van der Waals surface area contributed by atoms with Gasteiger partial charge in [-0.3, -0.25) is 0 Å². The number of benzene rings is 1. The molecule has 0 amide bonds. The summed E-state index contributed by atoms with van der Waals surface area (Å²) >= 11 is 0. The fourth-order valence-corrected chi connectivity index (χ4v) is 1.73. The minimum absolute atomic E-state index is 0.441.